The van der Waals surface area contributed by atoms with Crippen LogP contribution in [0.4, 0.5) is 10.1 Å². The van der Waals surface area contributed by atoms with Gasteiger partial charge in [0, 0.05) is 17.4 Å². The first-order chi connectivity index (χ1) is 16.5. The van der Waals surface area contributed by atoms with E-state index < -0.39 is 23.2 Å². The lowest BCUT2D eigenvalue weighted by molar-refractivity contribution is -0.136. The molecule has 3 aromatic rings. The Bertz CT molecular complexity index is 1300. The molecule has 3 atom stereocenters. The maximum Gasteiger partial charge on any atom is 0.334 e. The number of carbonyl (C=O) groups is 2. The predicted octanol–water partition coefficient (Wildman–Crippen LogP) is 5.22. The second-order valence-corrected chi connectivity index (χ2v) is 8.52. The topological polar surface area (TPSA) is 59.0 Å². The van der Waals surface area contributed by atoms with Crippen molar-refractivity contribution >= 4 is 23.3 Å². The third-order valence-corrected chi connectivity index (χ3v) is 6.75. The summed E-state index contributed by atoms with van der Waals surface area (Å²) in [5.41, 5.74) is 1.97. The van der Waals surface area contributed by atoms with Gasteiger partial charge in [-0.05, 0) is 42.3 Å². The smallest absolute Gasteiger partial charge is 0.334 e. The number of hydrazone groups is 1. The highest BCUT2D eigenvalue weighted by Gasteiger charge is 2.61. The molecule has 3 aromatic carbocycles. The van der Waals surface area contributed by atoms with Crippen LogP contribution >= 0.6 is 0 Å². The number of halogens is 1. The van der Waals surface area contributed by atoms with Crippen molar-refractivity contribution in [2.75, 3.05) is 12.1 Å². The van der Waals surface area contributed by atoms with Crippen molar-refractivity contribution < 1.29 is 18.7 Å². The summed E-state index contributed by atoms with van der Waals surface area (Å²) in [5.74, 6) is -2.14. The van der Waals surface area contributed by atoms with Gasteiger partial charge in [-0.1, -0.05) is 66.7 Å². The molecule has 0 N–H and O–H groups in total. The minimum Gasteiger partial charge on any atom is -0.466 e. The van der Waals surface area contributed by atoms with Gasteiger partial charge in [0.15, 0.2) is 0 Å². The maximum atomic E-state index is 14.2. The molecule has 0 unspecified atom stereocenters. The largest absolute Gasteiger partial charge is 0.466 e. The zero-order chi connectivity index (χ0) is 23.9. The lowest BCUT2D eigenvalue weighted by atomic mass is 9.66. The number of hydrogen-bond donors (Lipinski definition) is 0. The van der Waals surface area contributed by atoms with E-state index in [4.69, 9.17) is 4.74 Å². The molecule has 1 heterocycles. The molecule has 0 fully saturated rings. The highest BCUT2D eigenvalue weighted by Crippen LogP contribution is 2.59. The predicted molar refractivity (Wildman–Crippen MR) is 128 cm³/mol. The zero-order valence-electron chi connectivity index (χ0n) is 18.8. The van der Waals surface area contributed by atoms with Gasteiger partial charge in [-0.3, -0.25) is 4.79 Å². The van der Waals surface area contributed by atoms with Gasteiger partial charge >= 0.3 is 5.97 Å². The van der Waals surface area contributed by atoms with Gasteiger partial charge in [0.1, 0.15) is 11.2 Å². The Morgan fingerprint density at radius 2 is 1.56 bits per heavy atom. The zero-order valence-corrected chi connectivity index (χ0v) is 18.8. The van der Waals surface area contributed by atoms with Crippen LogP contribution in [0.3, 0.4) is 0 Å². The minimum absolute atomic E-state index is 0.259. The summed E-state index contributed by atoms with van der Waals surface area (Å²) >= 11 is 0. The fraction of sp³-hybridized carbons (Fsp3) is 0.179. The Kier molecular flexibility index (Phi) is 5.36. The van der Waals surface area contributed by atoms with Gasteiger partial charge in [0.25, 0.3) is 5.91 Å². The number of methoxy groups -OCH3 is 1. The molecule has 5 rings (SSSR count). The van der Waals surface area contributed by atoms with Crippen molar-refractivity contribution in [3.63, 3.8) is 0 Å². The number of benzene rings is 3. The van der Waals surface area contributed by atoms with Gasteiger partial charge in [-0.15, -0.1) is 0 Å². The molecule has 5 nitrogen and oxygen atoms in total. The summed E-state index contributed by atoms with van der Waals surface area (Å²) in [6, 6.07) is 24.8. The average molecular weight is 455 g/mol. The van der Waals surface area contributed by atoms with E-state index in [9.17, 15) is 14.0 Å². The Hall–Kier alpha value is -4.06. The Morgan fingerprint density at radius 3 is 2.18 bits per heavy atom. The lowest BCUT2D eigenvalue weighted by Crippen LogP contribution is -2.42. The van der Waals surface area contributed by atoms with Crippen LogP contribution in [-0.2, 0) is 14.3 Å². The van der Waals surface area contributed by atoms with E-state index in [-0.39, 0.29) is 11.7 Å². The number of hydrogen-bond acceptors (Lipinski definition) is 4. The molecule has 1 spiro atoms. The van der Waals surface area contributed by atoms with Crippen LogP contribution in [0, 0.1) is 11.2 Å². The molecule has 0 aromatic heterocycles. The summed E-state index contributed by atoms with van der Waals surface area (Å²) < 4.78 is 19.0. The summed E-state index contributed by atoms with van der Waals surface area (Å²) in [7, 11) is 1.33. The highest BCUT2D eigenvalue weighted by molar-refractivity contribution is 6.22. The summed E-state index contributed by atoms with van der Waals surface area (Å²) in [6.07, 6.45) is 1.72. The molecule has 2 aliphatic rings. The van der Waals surface area contributed by atoms with E-state index in [0.29, 0.717) is 17.0 Å². The molecule has 1 aliphatic heterocycles. The van der Waals surface area contributed by atoms with Crippen molar-refractivity contribution in [2.45, 2.75) is 18.8 Å². The standard InChI is InChI=1S/C28H23FN2O3/c1-18-28(27(33)31(30-18)22-11-7-4-8-12-22)17-23(26(32)34-2)24(19-9-5-3-6-10-19)25(28)20-13-15-21(29)16-14-20/h3-17,24-25H,1-2H3/t24-,25+,28+/m0/s1. The number of ether oxygens (including phenoxy) is 1. The molecular weight excluding hydrogens is 431 g/mol. The van der Waals surface area contributed by atoms with Crippen LogP contribution in [0.5, 0.6) is 0 Å². The molecule has 0 saturated carbocycles. The molecule has 1 amide bonds. The van der Waals surface area contributed by atoms with E-state index in [2.05, 4.69) is 5.10 Å². The van der Waals surface area contributed by atoms with Gasteiger partial charge < -0.3 is 4.74 Å². The SMILES string of the molecule is COC(=O)C1=C[C@]2(C(=O)N(c3ccccc3)N=C2C)[C@H](c2ccc(F)cc2)[C@H]1c1ccccc1. The number of esters is 1. The molecule has 1 aliphatic carbocycles. The van der Waals surface area contributed by atoms with Crippen molar-refractivity contribution in [3.8, 4) is 0 Å². The molecule has 0 bridgehead atoms. The van der Waals surface area contributed by atoms with E-state index in [1.54, 1.807) is 25.1 Å². The van der Waals surface area contributed by atoms with Crippen molar-refractivity contribution in [1.82, 2.24) is 0 Å². The van der Waals surface area contributed by atoms with Crippen LogP contribution in [0.1, 0.15) is 29.9 Å². The van der Waals surface area contributed by atoms with Gasteiger partial charge in [0.05, 0.1) is 18.5 Å². The second-order valence-electron chi connectivity index (χ2n) is 8.52. The van der Waals surface area contributed by atoms with E-state index in [1.807, 2.05) is 60.7 Å². The van der Waals surface area contributed by atoms with Crippen LogP contribution < -0.4 is 5.01 Å². The summed E-state index contributed by atoms with van der Waals surface area (Å²) in [6.45, 7) is 1.80. The summed E-state index contributed by atoms with van der Waals surface area (Å²) in [4.78, 5) is 27.2. The van der Waals surface area contributed by atoms with E-state index in [1.165, 1.54) is 24.3 Å². The third-order valence-electron chi connectivity index (χ3n) is 6.75. The molecule has 0 radical (unpaired) electrons. The number of anilines is 1. The Balaban J connectivity index is 1.75. The number of carbonyl (C=O) groups excluding carboxylic acids is 2. The molecule has 170 valence electrons. The number of nitrogens with zero attached hydrogens (tertiary/aromatic N) is 2. The number of para-hydroxylation sites is 1. The molecule has 0 saturated heterocycles. The highest BCUT2D eigenvalue weighted by atomic mass is 19.1. The lowest BCUT2D eigenvalue weighted by Gasteiger charge is -2.34. The monoisotopic (exact) mass is 454 g/mol. The van der Waals surface area contributed by atoms with Crippen molar-refractivity contribution in [2.24, 2.45) is 10.5 Å². The minimum atomic E-state index is -1.22. The van der Waals surface area contributed by atoms with Gasteiger partial charge in [-0.2, -0.15) is 10.1 Å². The molecule has 34 heavy (non-hydrogen) atoms. The molecule has 6 heteroatoms. The van der Waals surface area contributed by atoms with Gasteiger partial charge in [0.2, 0.25) is 0 Å². The van der Waals surface area contributed by atoms with Crippen LogP contribution in [0.15, 0.2) is 102 Å². The van der Waals surface area contributed by atoms with Crippen molar-refractivity contribution in [3.05, 3.63) is 114 Å². The van der Waals surface area contributed by atoms with Gasteiger partial charge in [-0.25, -0.2) is 9.18 Å². The van der Waals surface area contributed by atoms with E-state index >= 15 is 0 Å². The van der Waals surface area contributed by atoms with E-state index in [0.717, 1.165) is 11.1 Å². The second kappa shape index (κ2) is 8.37. The fourth-order valence-corrected chi connectivity index (χ4v) is 5.21. The first kappa shape index (κ1) is 21.8. The maximum absolute atomic E-state index is 14.2. The fourth-order valence-electron chi connectivity index (χ4n) is 5.21. The summed E-state index contributed by atoms with van der Waals surface area (Å²) in [5, 5.41) is 6.04. The van der Waals surface area contributed by atoms with Crippen LogP contribution in [0.25, 0.3) is 0 Å². The average Bonchev–Trinajstić information content (AvgIpc) is 3.36. The Labute approximate surface area is 197 Å². The third kappa shape index (κ3) is 3.25. The quantitative estimate of drug-likeness (QED) is 0.508. The first-order valence-electron chi connectivity index (χ1n) is 11.0. The first-order valence-corrected chi connectivity index (χ1v) is 11.0. The number of rotatable bonds is 4. The Morgan fingerprint density at radius 1 is 0.941 bits per heavy atom. The van der Waals surface area contributed by atoms with Crippen LogP contribution in [-0.4, -0.2) is 24.7 Å². The number of amides is 1. The van der Waals surface area contributed by atoms with Crippen LogP contribution in [0.2, 0.25) is 0 Å². The normalized spacial score (nSPS) is 23.7. The van der Waals surface area contributed by atoms with Crippen molar-refractivity contribution in [1.29, 1.82) is 0 Å². The molecular formula is C28H23FN2O3.